The molecule has 0 aliphatic rings. The zero-order valence-corrected chi connectivity index (χ0v) is 31.8. The molecule has 3 heteroatoms. The van der Waals surface area contributed by atoms with E-state index in [1.807, 2.05) is 100 Å². The molecule has 0 saturated heterocycles. The molecule has 0 radical (unpaired) electrons. The van der Waals surface area contributed by atoms with Gasteiger partial charge in [0.15, 0.2) is 0 Å². The van der Waals surface area contributed by atoms with Gasteiger partial charge in [0, 0.05) is 38.6 Å². The molecule has 0 aliphatic heterocycles. The van der Waals surface area contributed by atoms with Crippen LogP contribution in [0.1, 0.15) is 5.48 Å². The molecule has 276 valence electrons. The van der Waals surface area contributed by atoms with Crippen LogP contribution >= 0.6 is 0 Å². The van der Waals surface area contributed by atoms with Crippen molar-refractivity contribution in [2.75, 3.05) is 4.90 Å². The minimum atomic E-state index is -0.157. The quantitative estimate of drug-likeness (QED) is 0.168. The maximum Gasteiger partial charge on any atom is 0.143 e. The van der Waals surface area contributed by atoms with Gasteiger partial charge in [0.05, 0.1) is 27.6 Å². The lowest BCUT2D eigenvalue weighted by molar-refractivity contribution is 0.672. The van der Waals surface area contributed by atoms with Crippen molar-refractivity contribution in [1.29, 1.82) is 0 Å². The van der Waals surface area contributed by atoms with Crippen LogP contribution in [0.15, 0.2) is 223 Å². The van der Waals surface area contributed by atoms with Gasteiger partial charge < -0.3 is 13.9 Å². The number of furan rings is 1. The van der Waals surface area contributed by atoms with E-state index in [4.69, 9.17) is 4.42 Å². The van der Waals surface area contributed by atoms with Crippen LogP contribution in [-0.4, -0.2) is 4.57 Å². The van der Waals surface area contributed by atoms with E-state index in [1.165, 1.54) is 10.8 Å². The fourth-order valence-corrected chi connectivity index (χ4v) is 8.85. The van der Waals surface area contributed by atoms with E-state index in [0.29, 0.717) is 17.0 Å². The third-order valence-corrected chi connectivity index (χ3v) is 11.6. The Kier molecular flexibility index (Phi) is 6.65. The molecule has 12 rings (SSSR count). The van der Waals surface area contributed by atoms with Crippen LogP contribution in [0.4, 0.5) is 17.1 Å². The van der Waals surface area contributed by atoms with Crippen LogP contribution in [0.3, 0.4) is 0 Å². The lowest BCUT2D eigenvalue weighted by Gasteiger charge is -2.27. The highest BCUT2D eigenvalue weighted by atomic mass is 16.3. The number of benzene rings is 10. The van der Waals surface area contributed by atoms with Crippen molar-refractivity contribution >= 4 is 82.4 Å². The molecular weight excluding hydrogens is 717 g/mol. The van der Waals surface area contributed by atoms with Crippen LogP contribution in [0.25, 0.3) is 93.2 Å². The molecule has 0 unspecified atom stereocenters. The Morgan fingerprint density at radius 3 is 1.76 bits per heavy atom. The molecule has 2 aromatic heterocycles. The van der Waals surface area contributed by atoms with Crippen molar-refractivity contribution in [1.82, 2.24) is 4.57 Å². The van der Waals surface area contributed by atoms with Gasteiger partial charge in [0.2, 0.25) is 0 Å². The van der Waals surface area contributed by atoms with Gasteiger partial charge in [0.25, 0.3) is 0 Å². The number of nitrogens with zero attached hydrogens (tertiary/aromatic N) is 2. The van der Waals surface area contributed by atoms with Crippen molar-refractivity contribution in [3.63, 3.8) is 0 Å². The molecule has 0 fully saturated rings. The minimum absolute atomic E-state index is 0.139. The number of fused-ring (bicyclic) bond motifs is 9. The number of para-hydroxylation sites is 2. The number of hydrogen-bond donors (Lipinski definition) is 0. The van der Waals surface area contributed by atoms with Crippen LogP contribution in [0, 0.1) is 0 Å². The summed E-state index contributed by atoms with van der Waals surface area (Å²) < 4.78 is 47.6. The predicted octanol–water partition coefficient (Wildman–Crippen LogP) is 15.8. The summed E-state index contributed by atoms with van der Waals surface area (Å²) in [7, 11) is 0. The van der Waals surface area contributed by atoms with E-state index in [9.17, 15) is 5.48 Å². The molecule has 2 heterocycles. The van der Waals surface area contributed by atoms with E-state index < -0.39 is 0 Å². The van der Waals surface area contributed by atoms with Gasteiger partial charge in [-0.3, -0.25) is 0 Å². The van der Waals surface area contributed by atoms with Crippen molar-refractivity contribution in [2.24, 2.45) is 0 Å². The lowest BCUT2D eigenvalue weighted by Crippen LogP contribution is -2.10. The first kappa shape index (κ1) is 29.4. The largest absolute Gasteiger partial charge is 0.455 e. The monoisotopic (exact) mass is 756 g/mol. The highest BCUT2D eigenvalue weighted by molar-refractivity contribution is 6.19. The van der Waals surface area contributed by atoms with E-state index in [-0.39, 0.29) is 35.5 Å². The van der Waals surface area contributed by atoms with Crippen LogP contribution in [-0.2, 0) is 0 Å². The van der Waals surface area contributed by atoms with Crippen LogP contribution < -0.4 is 4.90 Å². The summed E-state index contributed by atoms with van der Waals surface area (Å²) in [6.07, 6.45) is 0. The normalized spacial score (nSPS) is 12.7. The second-order valence-corrected chi connectivity index (χ2v) is 15.0. The molecule has 3 nitrogen and oxygen atoms in total. The Labute approximate surface area is 346 Å². The molecule has 0 spiro atoms. The third-order valence-electron chi connectivity index (χ3n) is 11.6. The average molecular weight is 757 g/mol. The Hall–Kier alpha value is -7.88. The standard InChI is InChI=1S/C56H36N2O/c1-2-13-40-36-43(24-23-37(40)11-1)42-15-9-14-41(35-42)38-25-28-44(29-26-38)57(53-21-10-22-54-55(53)50-34-27-39-12-3-4-16-47(39)56(50)59-54)45-30-32-46(33-31-45)58-51-19-7-5-17-48(51)49-18-6-8-20-52(49)58/h1-36H/i30D,31D,32D,33D. The maximum absolute atomic E-state index is 9.83. The minimum Gasteiger partial charge on any atom is -0.455 e. The zero-order valence-electron chi connectivity index (χ0n) is 35.8. The van der Waals surface area contributed by atoms with Crippen molar-refractivity contribution in [3.05, 3.63) is 218 Å². The first-order valence-corrected chi connectivity index (χ1v) is 19.8. The summed E-state index contributed by atoms with van der Waals surface area (Å²) in [5.74, 6) is 0. The summed E-state index contributed by atoms with van der Waals surface area (Å²) in [6, 6.07) is 64.9. The summed E-state index contributed by atoms with van der Waals surface area (Å²) >= 11 is 0. The molecule has 0 amide bonds. The molecule has 0 atom stereocenters. The maximum atomic E-state index is 9.83. The van der Waals surface area contributed by atoms with E-state index in [0.717, 1.165) is 71.2 Å². The fraction of sp³-hybridized carbons (Fsp3) is 0. The zero-order chi connectivity index (χ0) is 42.3. The summed E-state index contributed by atoms with van der Waals surface area (Å²) in [4.78, 5) is 1.87. The second kappa shape index (κ2) is 13.4. The van der Waals surface area contributed by atoms with E-state index in [1.54, 1.807) is 0 Å². The van der Waals surface area contributed by atoms with Gasteiger partial charge in [-0.15, -0.1) is 0 Å². The van der Waals surface area contributed by atoms with Gasteiger partial charge in [-0.25, -0.2) is 0 Å². The van der Waals surface area contributed by atoms with E-state index >= 15 is 0 Å². The third kappa shape index (κ3) is 5.44. The van der Waals surface area contributed by atoms with Gasteiger partial charge in [-0.2, -0.15) is 0 Å². The number of hydrogen-bond acceptors (Lipinski definition) is 2. The molecule has 10 aromatic carbocycles. The molecular formula is C56H36N2O. The smallest absolute Gasteiger partial charge is 0.143 e. The first-order valence-electron chi connectivity index (χ1n) is 21.8. The number of anilines is 3. The second-order valence-electron chi connectivity index (χ2n) is 15.0. The molecule has 0 N–H and O–H groups in total. The SMILES string of the molecule is [2H]c1c([2H])c(-n2c3ccccc3c3ccccc32)c([2H])c([2H])c1N(c1ccc(-c2cccc(-c3ccc4ccccc4c3)c2)cc1)c1cccc2oc3c4ccccc4ccc3c12. The lowest BCUT2D eigenvalue weighted by atomic mass is 9.97. The van der Waals surface area contributed by atoms with Gasteiger partial charge in [-0.05, 0) is 117 Å². The summed E-state index contributed by atoms with van der Waals surface area (Å²) in [5, 5.41) is 8.09. The van der Waals surface area contributed by atoms with Crippen LogP contribution in [0.5, 0.6) is 0 Å². The number of aromatic nitrogens is 1. The molecule has 0 saturated carbocycles. The average Bonchev–Trinajstić information content (AvgIpc) is 3.89. The van der Waals surface area contributed by atoms with Gasteiger partial charge in [-0.1, -0.05) is 140 Å². The molecule has 0 aliphatic carbocycles. The number of rotatable bonds is 6. The summed E-state index contributed by atoms with van der Waals surface area (Å²) in [5.41, 5.74) is 9.03. The van der Waals surface area contributed by atoms with Crippen LogP contribution in [0.2, 0.25) is 0 Å². The molecule has 59 heavy (non-hydrogen) atoms. The Morgan fingerprint density at radius 2 is 1.00 bits per heavy atom. The summed E-state index contributed by atoms with van der Waals surface area (Å²) in [6.45, 7) is 0. The highest BCUT2D eigenvalue weighted by Gasteiger charge is 2.21. The first-order chi connectivity index (χ1) is 30.9. The fourth-order valence-electron chi connectivity index (χ4n) is 8.85. The van der Waals surface area contributed by atoms with Crippen molar-refractivity contribution in [2.45, 2.75) is 0 Å². The highest BCUT2D eigenvalue weighted by Crippen LogP contribution is 2.45. The predicted molar refractivity (Wildman–Crippen MR) is 249 cm³/mol. The Bertz CT molecular complexity index is 3730. The Balaban J connectivity index is 1.06. The van der Waals surface area contributed by atoms with Gasteiger partial charge in [0.1, 0.15) is 11.2 Å². The van der Waals surface area contributed by atoms with E-state index in [2.05, 4.69) is 103 Å². The van der Waals surface area contributed by atoms with Crippen molar-refractivity contribution < 1.29 is 9.90 Å². The van der Waals surface area contributed by atoms with Crippen molar-refractivity contribution in [3.8, 4) is 27.9 Å². The van der Waals surface area contributed by atoms with Gasteiger partial charge >= 0.3 is 0 Å². The topological polar surface area (TPSA) is 21.3 Å². The molecule has 0 bridgehead atoms. The Morgan fingerprint density at radius 1 is 0.407 bits per heavy atom. The molecule has 12 aromatic rings.